The average molecular weight is 430 g/mol. The zero-order chi connectivity index (χ0) is 18.4. The molecule has 2 rings (SSSR count). The molecule has 0 spiro atoms. The summed E-state index contributed by atoms with van der Waals surface area (Å²) in [4.78, 5) is 37.1. The van der Waals surface area contributed by atoms with Crippen molar-refractivity contribution in [2.45, 2.75) is 26.2 Å². The molecule has 1 aliphatic heterocycles. The summed E-state index contributed by atoms with van der Waals surface area (Å²) in [5.74, 6) is -0.124. The largest absolute Gasteiger partial charge is 0.507 e. The summed E-state index contributed by atoms with van der Waals surface area (Å²) < 4.78 is 5.44. The van der Waals surface area contributed by atoms with Gasteiger partial charge in [-0.15, -0.1) is 0 Å². The highest BCUT2D eigenvalue weighted by Gasteiger charge is 2.31. The smallest absolute Gasteiger partial charge is 0.305 e. The number of esters is 1. The summed E-state index contributed by atoms with van der Waals surface area (Å²) in [5, 5.41) is 9.29. The molecule has 2 aliphatic rings. The van der Waals surface area contributed by atoms with Crippen molar-refractivity contribution in [3.8, 4) is 0 Å². The molecule has 0 saturated carbocycles. The van der Waals surface area contributed by atoms with Gasteiger partial charge in [-0.05, 0) is 41.8 Å². The molecule has 2 amide bonds. The first-order chi connectivity index (χ1) is 11.9. The van der Waals surface area contributed by atoms with Gasteiger partial charge in [-0.3, -0.25) is 19.3 Å². The van der Waals surface area contributed by atoms with Crippen LogP contribution in [0.25, 0.3) is 0 Å². The number of nitrogens with zero attached hydrogens (tertiary/aromatic N) is 1. The highest BCUT2D eigenvalue weighted by atomic mass is 79.9. The lowest BCUT2D eigenvalue weighted by atomic mass is 9.97. The van der Waals surface area contributed by atoms with Crippen molar-refractivity contribution in [1.29, 1.82) is 0 Å². The predicted octanol–water partition coefficient (Wildman–Crippen LogP) is 3.69. The zero-order valence-corrected chi connectivity index (χ0v) is 16.3. The number of aliphatic hydroxyl groups is 1. The molecule has 25 heavy (non-hydrogen) atoms. The van der Waals surface area contributed by atoms with Crippen LogP contribution in [-0.2, 0) is 14.3 Å². The molecule has 1 aliphatic carbocycles. The molecule has 1 heterocycles. The molecule has 1 atom stereocenters. The number of carbonyl (C=O) groups excluding carboxylic acids is 3. The molecule has 0 bridgehead atoms. The lowest BCUT2D eigenvalue weighted by Gasteiger charge is -2.26. The van der Waals surface area contributed by atoms with E-state index >= 15 is 0 Å². The van der Waals surface area contributed by atoms with Crippen LogP contribution in [0.5, 0.6) is 0 Å². The summed E-state index contributed by atoms with van der Waals surface area (Å²) in [7, 11) is 0. The maximum atomic E-state index is 12.6. The van der Waals surface area contributed by atoms with Crippen LogP contribution >= 0.6 is 27.7 Å². The predicted molar refractivity (Wildman–Crippen MR) is 99.3 cm³/mol. The highest BCUT2D eigenvalue weighted by Crippen LogP contribution is 2.30. The van der Waals surface area contributed by atoms with Crippen molar-refractivity contribution < 1.29 is 24.2 Å². The Morgan fingerprint density at radius 3 is 2.96 bits per heavy atom. The first-order valence-corrected chi connectivity index (χ1v) is 9.82. The Morgan fingerprint density at radius 2 is 2.28 bits per heavy atom. The zero-order valence-electron chi connectivity index (χ0n) is 13.9. The first kappa shape index (κ1) is 19.8. The fourth-order valence-corrected chi connectivity index (χ4v) is 3.85. The molecular weight excluding hydrogens is 410 g/mol. The Kier molecular flexibility index (Phi) is 7.31. The van der Waals surface area contributed by atoms with Crippen LogP contribution in [-0.4, -0.2) is 46.0 Å². The molecule has 0 aromatic heterocycles. The summed E-state index contributed by atoms with van der Waals surface area (Å²) in [6.45, 7) is 2.25. The fourth-order valence-electron chi connectivity index (χ4n) is 2.52. The van der Waals surface area contributed by atoms with E-state index in [0.29, 0.717) is 35.3 Å². The number of amides is 2. The van der Waals surface area contributed by atoms with Gasteiger partial charge in [0.1, 0.15) is 5.76 Å². The second-order valence-corrected chi connectivity index (χ2v) is 7.40. The Labute approximate surface area is 159 Å². The van der Waals surface area contributed by atoms with Crippen molar-refractivity contribution in [2.24, 2.45) is 5.92 Å². The normalized spacial score (nSPS) is 22.7. The molecule has 6 nitrogen and oxygen atoms in total. The van der Waals surface area contributed by atoms with Gasteiger partial charge in [0.05, 0.1) is 11.1 Å². The number of allylic oxidation sites excluding steroid dienone is 4. The van der Waals surface area contributed by atoms with E-state index in [9.17, 15) is 19.5 Å². The van der Waals surface area contributed by atoms with Gasteiger partial charge < -0.3 is 9.84 Å². The van der Waals surface area contributed by atoms with Gasteiger partial charge in [0.15, 0.2) is 0 Å². The van der Waals surface area contributed by atoms with E-state index in [0.717, 1.165) is 11.8 Å². The number of halogens is 1. The van der Waals surface area contributed by atoms with Crippen molar-refractivity contribution in [3.63, 3.8) is 0 Å². The number of aliphatic hydroxyl groups excluding tert-OH is 1. The molecule has 0 aromatic rings. The molecule has 0 aromatic carbocycles. The second-order valence-electron chi connectivity index (χ2n) is 5.62. The molecule has 136 valence electrons. The Morgan fingerprint density at radius 1 is 1.52 bits per heavy atom. The van der Waals surface area contributed by atoms with E-state index in [2.05, 4.69) is 15.9 Å². The summed E-state index contributed by atoms with van der Waals surface area (Å²) >= 11 is 4.35. The number of imide groups is 1. The summed E-state index contributed by atoms with van der Waals surface area (Å²) in [6.07, 6.45) is 6.52. The van der Waals surface area contributed by atoms with Crippen LogP contribution in [0.3, 0.4) is 0 Å². The van der Waals surface area contributed by atoms with E-state index in [1.165, 1.54) is 4.90 Å². The Balaban J connectivity index is 1.98. The molecule has 1 N–H and O–H groups in total. The minimum Gasteiger partial charge on any atom is -0.507 e. The molecule has 1 saturated heterocycles. The van der Waals surface area contributed by atoms with Crippen LogP contribution in [0, 0.1) is 5.92 Å². The van der Waals surface area contributed by atoms with Crippen molar-refractivity contribution in [3.05, 3.63) is 34.0 Å². The number of rotatable bonds is 6. The van der Waals surface area contributed by atoms with Crippen molar-refractivity contribution in [2.75, 3.05) is 18.9 Å². The Bertz CT molecular complexity index is 655. The number of hydrogen-bond acceptors (Lipinski definition) is 6. The van der Waals surface area contributed by atoms with Gasteiger partial charge in [0.25, 0.3) is 11.1 Å². The highest BCUT2D eigenvalue weighted by molar-refractivity contribution is 9.11. The first-order valence-electron chi connectivity index (χ1n) is 8.04. The van der Waals surface area contributed by atoms with Gasteiger partial charge in [-0.2, -0.15) is 0 Å². The molecule has 1 fully saturated rings. The summed E-state index contributed by atoms with van der Waals surface area (Å²) in [5.41, 5.74) is 0.567. The quantitative estimate of drug-likeness (QED) is 0.511. The van der Waals surface area contributed by atoms with Gasteiger partial charge in [0.2, 0.25) is 0 Å². The van der Waals surface area contributed by atoms with Gasteiger partial charge in [-0.1, -0.05) is 23.9 Å². The standard InChI is InChI=1S/C17H20BrNO5S/c1-2-24-15(21)4-3-7-19-16(22)12(10-25-17(19)23)8-11-5-6-14(20)13(18)9-11/h6,8-9,11,20H,2-5,7,10H2,1H3/b12-8+. The van der Waals surface area contributed by atoms with E-state index in [1.54, 1.807) is 13.0 Å². The number of carbonyl (C=O) groups is 3. The maximum absolute atomic E-state index is 12.6. The van der Waals surface area contributed by atoms with Crippen LogP contribution < -0.4 is 0 Å². The number of ether oxygens (including phenoxy) is 1. The van der Waals surface area contributed by atoms with Crippen LogP contribution in [0.4, 0.5) is 4.79 Å². The summed E-state index contributed by atoms with van der Waals surface area (Å²) in [6, 6.07) is 0. The Hall–Kier alpha value is -1.54. The minimum absolute atomic E-state index is 0.0144. The van der Waals surface area contributed by atoms with Crippen LogP contribution in [0.2, 0.25) is 0 Å². The monoisotopic (exact) mass is 429 g/mol. The van der Waals surface area contributed by atoms with E-state index in [4.69, 9.17) is 4.74 Å². The third kappa shape index (κ3) is 5.47. The van der Waals surface area contributed by atoms with E-state index < -0.39 is 0 Å². The fraction of sp³-hybridized carbons (Fsp3) is 0.471. The number of thioether (sulfide) groups is 1. The maximum Gasteiger partial charge on any atom is 0.305 e. The topological polar surface area (TPSA) is 83.9 Å². The molecule has 0 radical (unpaired) electrons. The van der Waals surface area contributed by atoms with Crippen LogP contribution in [0.1, 0.15) is 26.2 Å². The third-order valence-electron chi connectivity index (χ3n) is 3.76. The number of hydrogen-bond donors (Lipinski definition) is 1. The second kappa shape index (κ2) is 9.24. The van der Waals surface area contributed by atoms with Crippen LogP contribution in [0.15, 0.2) is 34.0 Å². The van der Waals surface area contributed by atoms with E-state index in [1.807, 2.05) is 12.2 Å². The van der Waals surface area contributed by atoms with Crippen molar-refractivity contribution >= 4 is 44.8 Å². The average Bonchev–Trinajstić information content (AvgIpc) is 2.57. The lowest BCUT2D eigenvalue weighted by Crippen LogP contribution is -2.40. The molecular formula is C17H20BrNO5S. The van der Waals surface area contributed by atoms with E-state index in [-0.39, 0.29) is 41.8 Å². The van der Waals surface area contributed by atoms with Gasteiger partial charge >= 0.3 is 5.97 Å². The van der Waals surface area contributed by atoms with Gasteiger partial charge in [0, 0.05) is 30.2 Å². The minimum atomic E-state index is -0.327. The SMILES string of the molecule is CCOC(=O)CCCN1C(=O)SC/C(=C\C2C=C(Br)C(O)=CC2)C1=O. The lowest BCUT2D eigenvalue weighted by molar-refractivity contribution is -0.143. The van der Waals surface area contributed by atoms with Crippen molar-refractivity contribution in [1.82, 2.24) is 4.90 Å². The molecule has 1 unspecified atom stereocenters. The van der Waals surface area contributed by atoms with Gasteiger partial charge in [-0.25, -0.2) is 0 Å². The molecule has 8 heteroatoms. The third-order valence-corrected chi connectivity index (χ3v) is 5.36.